The minimum absolute atomic E-state index is 0. The van der Waals surface area contributed by atoms with Crippen molar-refractivity contribution in [1.82, 2.24) is 25.4 Å². The Kier molecular flexibility index (Phi) is 9.92. The van der Waals surface area contributed by atoms with E-state index >= 15 is 0 Å². The zero-order valence-corrected chi connectivity index (χ0v) is 19.9. The van der Waals surface area contributed by atoms with Gasteiger partial charge in [-0.2, -0.15) is 0 Å². The number of rotatable bonds is 6. The first-order chi connectivity index (χ1) is 13.7. The SMILES string of the molecule is CCNC(=NCc1ccc(N2CCN(C)CC2)nc1)NCC(=O)N1CCCC1.I. The highest BCUT2D eigenvalue weighted by molar-refractivity contribution is 14.0. The second kappa shape index (κ2) is 12.2. The number of carbonyl (C=O) groups excluding carboxylic acids is 1. The fraction of sp³-hybridized carbons (Fsp3) is 0.650. The maximum absolute atomic E-state index is 12.2. The third-order valence-corrected chi connectivity index (χ3v) is 5.27. The molecule has 0 atom stereocenters. The largest absolute Gasteiger partial charge is 0.357 e. The van der Waals surface area contributed by atoms with Crippen molar-refractivity contribution < 1.29 is 4.79 Å². The summed E-state index contributed by atoms with van der Waals surface area (Å²) in [7, 11) is 2.15. The van der Waals surface area contributed by atoms with Gasteiger partial charge >= 0.3 is 0 Å². The molecule has 162 valence electrons. The van der Waals surface area contributed by atoms with E-state index in [0.29, 0.717) is 12.5 Å². The minimum atomic E-state index is 0. The normalized spacial score (nSPS) is 17.8. The van der Waals surface area contributed by atoms with Crippen LogP contribution in [0.15, 0.2) is 23.3 Å². The molecule has 2 saturated heterocycles. The van der Waals surface area contributed by atoms with Crippen molar-refractivity contribution >= 4 is 41.7 Å². The Bertz CT molecular complexity index is 653. The molecule has 8 nitrogen and oxygen atoms in total. The Hall–Kier alpha value is -1.62. The maximum atomic E-state index is 12.2. The van der Waals surface area contributed by atoms with Gasteiger partial charge in [0.2, 0.25) is 5.91 Å². The van der Waals surface area contributed by atoms with Gasteiger partial charge in [-0.25, -0.2) is 9.98 Å². The molecular weight excluding hydrogens is 481 g/mol. The van der Waals surface area contributed by atoms with Gasteiger partial charge in [0.25, 0.3) is 0 Å². The maximum Gasteiger partial charge on any atom is 0.241 e. The van der Waals surface area contributed by atoms with Gasteiger partial charge in [-0.3, -0.25) is 4.79 Å². The number of carbonyl (C=O) groups is 1. The van der Waals surface area contributed by atoms with E-state index < -0.39 is 0 Å². The molecule has 0 aromatic carbocycles. The third kappa shape index (κ3) is 7.29. The molecule has 0 radical (unpaired) electrons. The number of amides is 1. The lowest BCUT2D eigenvalue weighted by atomic mass is 10.2. The molecule has 2 N–H and O–H groups in total. The molecule has 0 unspecified atom stereocenters. The molecule has 2 aliphatic heterocycles. The molecule has 29 heavy (non-hydrogen) atoms. The quantitative estimate of drug-likeness (QED) is 0.336. The number of aliphatic imine (C=N–C) groups is 1. The number of nitrogens with zero attached hydrogens (tertiary/aromatic N) is 5. The number of pyridine rings is 1. The summed E-state index contributed by atoms with van der Waals surface area (Å²) in [6.45, 7) is 9.51. The summed E-state index contributed by atoms with van der Waals surface area (Å²) in [6, 6.07) is 4.16. The fourth-order valence-corrected chi connectivity index (χ4v) is 3.48. The number of piperazine rings is 1. The molecule has 1 aromatic heterocycles. The van der Waals surface area contributed by atoms with Crippen LogP contribution in [0, 0.1) is 0 Å². The molecule has 3 heterocycles. The van der Waals surface area contributed by atoms with Crippen LogP contribution in [0.2, 0.25) is 0 Å². The van der Waals surface area contributed by atoms with Crippen LogP contribution in [0.3, 0.4) is 0 Å². The van der Waals surface area contributed by atoms with Crippen LogP contribution in [0.25, 0.3) is 0 Å². The zero-order valence-electron chi connectivity index (χ0n) is 17.6. The minimum Gasteiger partial charge on any atom is -0.357 e. The Morgan fingerprint density at radius 3 is 2.45 bits per heavy atom. The smallest absolute Gasteiger partial charge is 0.241 e. The van der Waals surface area contributed by atoms with E-state index in [9.17, 15) is 4.79 Å². The lowest BCUT2D eigenvalue weighted by molar-refractivity contribution is -0.128. The molecule has 0 aliphatic carbocycles. The number of nitrogens with one attached hydrogen (secondary N) is 2. The van der Waals surface area contributed by atoms with Gasteiger partial charge in [0, 0.05) is 52.0 Å². The predicted molar refractivity (Wildman–Crippen MR) is 128 cm³/mol. The average molecular weight is 515 g/mol. The van der Waals surface area contributed by atoms with Crippen LogP contribution in [0.5, 0.6) is 0 Å². The number of aromatic nitrogens is 1. The summed E-state index contributed by atoms with van der Waals surface area (Å²) in [5, 5.41) is 6.35. The van der Waals surface area contributed by atoms with E-state index in [4.69, 9.17) is 0 Å². The predicted octanol–water partition coefficient (Wildman–Crippen LogP) is 1.13. The summed E-state index contributed by atoms with van der Waals surface area (Å²) in [5.74, 6) is 1.83. The lowest BCUT2D eigenvalue weighted by Gasteiger charge is -2.33. The molecule has 0 spiro atoms. The van der Waals surface area contributed by atoms with Crippen LogP contribution < -0.4 is 15.5 Å². The van der Waals surface area contributed by atoms with Crippen LogP contribution >= 0.6 is 24.0 Å². The van der Waals surface area contributed by atoms with Crippen LogP contribution in [-0.2, 0) is 11.3 Å². The van der Waals surface area contributed by atoms with Gasteiger partial charge in [-0.1, -0.05) is 6.07 Å². The molecular formula is C20H34IN7O. The van der Waals surface area contributed by atoms with E-state index in [1.54, 1.807) is 0 Å². The van der Waals surface area contributed by atoms with Gasteiger partial charge < -0.3 is 25.3 Å². The molecule has 0 bridgehead atoms. The number of guanidine groups is 1. The van der Waals surface area contributed by atoms with Crippen molar-refractivity contribution in [2.24, 2.45) is 4.99 Å². The number of halogens is 1. The van der Waals surface area contributed by atoms with Gasteiger partial charge in [-0.05, 0) is 38.4 Å². The van der Waals surface area contributed by atoms with Gasteiger partial charge in [-0.15, -0.1) is 24.0 Å². The van der Waals surface area contributed by atoms with E-state index in [2.05, 4.69) is 49.6 Å². The Labute approximate surface area is 191 Å². The van der Waals surface area contributed by atoms with Gasteiger partial charge in [0.15, 0.2) is 5.96 Å². The molecule has 1 aromatic rings. The van der Waals surface area contributed by atoms with E-state index in [-0.39, 0.29) is 36.4 Å². The Morgan fingerprint density at radius 2 is 1.83 bits per heavy atom. The summed E-state index contributed by atoms with van der Waals surface area (Å²) in [5.41, 5.74) is 1.06. The van der Waals surface area contributed by atoms with Gasteiger partial charge in [0.05, 0.1) is 13.1 Å². The molecule has 3 rings (SSSR count). The molecule has 9 heteroatoms. The van der Waals surface area contributed by atoms with Crippen molar-refractivity contribution in [3.63, 3.8) is 0 Å². The summed E-state index contributed by atoms with van der Waals surface area (Å²) >= 11 is 0. The topological polar surface area (TPSA) is 76.1 Å². The van der Waals surface area contributed by atoms with Crippen molar-refractivity contribution in [2.45, 2.75) is 26.3 Å². The van der Waals surface area contributed by atoms with E-state index in [1.165, 1.54) is 0 Å². The van der Waals surface area contributed by atoms with E-state index in [1.807, 2.05) is 18.0 Å². The average Bonchev–Trinajstić information content (AvgIpc) is 3.26. The van der Waals surface area contributed by atoms with Crippen molar-refractivity contribution in [3.8, 4) is 0 Å². The highest BCUT2D eigenvalue weighted by Crippen LogP contribution is 2.14. The van der Waals surface area contributed by atoms with Gasteiger partial charge in [0.1, 0.15) is 5.82 Å². The van der Waals surface area contributed by atoms with Crippen LogP contribution in [0.1, 0.15) is 25.3 Å². The molecule has 1 amide bonds. The molecule has 2 aliphatic rings. The zero-order chi connectivity index (χ0) is 19.8. The first-order valence-electron chi connectivity index (χ1n) is 10.3. The second-order valence-corrected chi connectivity index (χ2v) is 7.45. The number of anilines is 1. The van der Waals surface area contributed by atoms with Crippen LogP contribution in [-0.4, -0.2) is 86.1 Å². The standard InChI is InChI=1S/C20H33N7O.HI/c1-3-21-20(24-16-19(28)27-8-4-5-9-27)23-15-17-6-7-18(22-14-17)26-12-10-25(2)11-13-26;/h6-7,14H,3-5,8-13,15-16H2,1-2H3,(H2,21,23,24);1H. The fourth-order valence-electron chi connectivity index (χ4n) is 3.48. The first kappa shape index (κ1) is 23.7. The number of hydrogen-bond acceptors (Lipinski definition) is 5. The van der Waals surface area contributed by atoms with E-state index in [0.717, 1.165) is 70.0 Å². The number of hydrogen-bond donors (Lipinski definition) is 2. The van der Waals surface area contributed by atoms with Crippen molar-refractivity contribution in [3.05, 3.63) is 23.9 Å². The highest BCUT2D eigenvalue weighted by atomic mass is 127. The molecule has 0 saturated carbocycles. The number of likely N-dealkylation sites (N-methyl/N-ethyl adjacent to an activating group) is 1. The summed E-state index contributed by atoms with van der Waals surface area (Å²) in [4.78, 5) is 28.0. The highest BCUT2D eigenvalue weighted by Gasteiger charge is 2.18. The number of likely N-dealkylation sites (tertiary alicyclic amines) is 1. The first-order valence-corrected chi connectivity index (χ1v) is 10.3. The summed E-state index contributed by atoms with van der Waals surface area (Å²) in [6.07, 6.45) is 4.12. The Morgan fingerprint density at radius 1 is 1.10 bits per heavy atom. The molecule has 2 fully saturated rings. The van der Waals surface area contributed by atoms with Crippen molar-refractivity contribution in [1.29, 1.82) is 0 Å². The lowest BCUT2D eigenvalue weighted by Crippen LogP contribution is -2.44. The Balaban J connectivity index is 0.00000300. The van der Waals surface area contributed by atoms with Crippen molar-refractivity contribution in [2.75, 3.05) is 64.3 Å². The summed E-state index contributed by atoms with van der Waals surface area (Å²) < 4.78 is 0. The monoisotopic (exact) mass is 515 g/mol. The van der Waals surface area contributed by atoms with Crippen LogP contribution in [0.4, 0.5) is 5.82 Å². The second-order valence-electron chi connectivity index (χ2n) is 7.45. The third-order valence-electron chi connectivity index (χ3n) is 5.27.